The fraction of sp³-hybridized carbons (Fsp3) is 0.407. The Balaban J connectivity index is 1.59. The SMILES string of the molecule is COc1cc(N(C)CCN(C)C)c([N+](=O)[O-])cc1Nc1ncc(Cl)c(Nc2ccc(N3CCOCC3)cc2OC)n1. The summed E-state index contributed by atoms with van der Waals surface area (Å²) >= 11 is 6.43. The van der Waals surface area contributed by atoms with Gasteiger partial charge in [-0.15, -0.1) is 0 Å². The molecule has 0 amide bonds. The van der Waals surface area contributed by atoms with E-state index < -0.39 is 4.92 Å². The van der Waals surface area contributed by atoms with E-state index >= 15 is 0 Å². The molecule has 2 N–H and O–H groups in total. The van der Waals surface area contributed by atoms with E-state index in [9.17, 15) is 10.1 Å². The zero-order valence-electron chi connectivity index (χ0n) is 23.8. The van der Waals surface area contributed by atoms with Gasteiger partial charge in [-0.1, -0.05) is 11.6 Å². The van der Waals surface area contributed by atoms with Crippen molar-refractivity contribution in [2.24, 2.45) is 0 Å². The first-order valence-electron chi connectivity index (χ1n) is 13.0. The number of nitrogens with one attached hydrogen (secondary N) is 2. The Labute approximate surface area is 244 Å². The Kier molecular flexibility index (Phi) is 9.86. The molecule has 0 radical (unpaired) electrons. The summed E-state index contributed by atoms with van der Waals surface area (Å²) in [4.78, 5) is 26.4. The molecule has 4 rings (SSSR count). The number of halogens is 1. The molecule has 220 valence electrons. The molecule has 0 spiro atoms. The standard InChI is InChI=1S/C27H35ClN8O5/c1-33(2)8-9-34(3)22-16-25(40-5)21(15-23(22)36(37)38)31-27-29-17-19(28)26(32-27)30-20-7-6-18(14-24(20)39-4)35-10-12-41-13-11-35/h6-7,14-17H,8-13H2,1-5H3,(H2,29,30,31,32). The van der Waals surface area contributed by atoms with Crippen LogP contribution in [0.4, 0.5) is 40.2 Å². The molecule has 3 aromatic rings. The minimum Gasteiger partial charge on any atom is -0.494 e. The number of hydrogen-bond donors (Lipinski definition) is 2. The number of likely N-dealkylation sites (N-methyl/N-ethyl adjacent to an activating group) is 2. The number of ether oxygens (including phenoxy) is 3. The van der Waals surface area contributed by atoms with Gasteiger partial charge in [-0.05, 0) is 26.2 Å². The van der Waals surface area contributed by atoms with Gasteiger partial charge in [0, 0.05) is 57.1 Å². The molecule has 1 aliphatic heterocycles. The van der Waals surface area contributed by atoms with E-state index in [0.29, 0.717) is 54.1 Å². The van der Waals surface area contributed by atoms with Gasteiger partial charge < -0.3 is 39.5 Å². The number of benzene rings is 2. The summed E-state index contributed by atoms with van der Waals surface area (Å²) in [6.07, 6.45) is 1.44. The number of rotatable bonds is 12. The number of hydrogen-bond acceptors (Lipinski definition) is 12. The van der Waals surface area contributed by atoms with Crippen LogP contribution in [0.15, 0.2) is 36.5 Å². The first kappa shape index (κ1) is 29.9. The van der Waals surface area contributed by atoms with E-state index in [1.807, 2.05) is 42.1 Å². The van der Waals surface area contributed by atoms with Crippen LogP contribution in [0.1, 0.15) is 0 Å². The minimum atomic E-state index is -0.422. The van der Waals surface area contributed by atoms with Crippen molar-refractivity contribution < 1.29 is 19.1 Å². The van der Waals surface area contributed by atoms with Crippen molar-refractivity contribution in [3.05, 3.63) is 51.7 Å². The van der Waals surface area contributed by atoms with Gasteiger partial charge in [-0.25, -0.2) is 4.98 Å². The Morgan fingerprint density at radius 3 is 2.41 bits per heavy atom. The summed E-state index contributed by atoms with van der Waals surface area (Å²) in [5.41, 5.74) is 2.38. The normalized spacial score (nSPS) is 13.2. The van der Waals surface area contributed by atoms with E-state index in [-0.39, 0.29) is 16.7 Å². The molecule has 0 saturated carbocycles. The van der Waals surface area contributed by atoms with Gasteiger partial charge in [0.25, 0.3) is 5.69 Å². The number of aromatic nitrogens is 2. The Bertz CT molecular complexity index is 1370. The number of methoxy groups -OCH3 is 2. The van der Waals surface area contributed by atoms with Crippen LogP contribution in [0.5, 0.6) is 11.5 Å². The summed E-state index contributed by atoms with van der Waals surface area (Å²) in [7, 11) is 8.79. The lowest BCUT2D eigenvalue weighted by Gasteiger charge is -2.29. The van der Waals surface area contributed by atoms with E-state index in [0.717, 1.165) is 25.3 Å². The summed E-state index contributed by atoms with van der Waals surface area (Å²) in [5.74, 6) is 1.51. The van der Waals surface area contributed by atoms with E-state index in [4.69, 9.17) is 25.8 Å². The number of morpholine rings is 1. The third-order valence-electron chi connectivity index (χ3n) is 6.59. The molecule has 1 aromatic heterocycles. The number of nitro benzene ring substituents is 1. The Morgan fingerprint density at radius 2 is 1.76 bits per heavy atom. The van der Waals surface area contributed by atoms with Gasteiger partial charge in [0.2, 0.25) is 5.95 Å². The second kappa shape index (κ2) is 13.5. The zero-order chi connectivity index (χ0) is 29.5. The maximum Gasteiger partial charge on any atom is 0.294 e. The fourth-order valence-electron chi connectivity index (χ4n) is 4.31. The first-order valence-corrected chi connectivity index (χ1v) is 13.4. The lowest BCUT2D eigenvalue weighted by molar-refractivity contribution is -0.384. The highest BCUT2D eigenvalue weighted by Crippen LogP contribution is 2.39. The number of anilines is 6. The molecule has 1 aliphatic rings. The highest BCUT2D eigenvalue weighted by atomic mass is 35.5. The second-order valence-electron chi connectivity index (χ2n) is 9.65. The molecule has 1 saturated heterocycles. The van der Waals surface area contributed by atoms with Crippen LogP contribution < -0.4 is 29.9 Å². The van der Waals surface area contributed by atoms with Gasteiger partial charge in [0.1, 0.15) is 22.2 Å². The van der Waals surface area contributed by atoms with Crippen molar-refractivity contribution in [3.8, 4) is 11.5 Å². The first-order chi connectivity index (χ1) is 19.7. The topological polar surface area (TPSA) is 130 Å². The predicted molar refractivity (Wildman–Crippen MR) is 161 cm³/mol. The molecular weight excluding hydrogens is 552 g/mol. The van der Waals surface area contributed by atoms with Crippen LogP contribution >= 0.6 is 11.6 Å². The van der Waals surface area contributed by atoms with Crippen LogP contribution in [0.3, 0.4) is 0 Å². The summed E-state index contributed by atoms with van der Waals surface area (Å²) in [6.45, 7) is 4.29. The van der Waals surface area contributed by atoms with Crippen molar-refractivity contribution in [3.63, 3.8) is 0 Å². The van der Waals surface area contributed by atoms with E-state index in [2.05, 4.69) is 25.5 Å². The minimum absolute atomic E-state index is 0.0769. The number of nitrogens with zero attached hydrogens (tertiary/aromatic N) is 6. The van der Waals surface area contributed by atoms with Crippen molar-refractivity contribution in [2.75, 3.05) is 95.2 Å². The largest absolute Gasteiger partial charge is 0.494 e. The van der Waals surface area contributed by atoms with Crippen molar-refractivity contribution in [1.29, 1.82) is 0 Å². The van der Waals surface area contributed by atoms with Crippen LogP contribution in [0.25, 0.3) is 0 Å². The van der Waals surface area contributed by atoms with Crippen LogP contribution in [0.2, 0.25) is 5.02 Å². The smallest absolute Gasteiger partial charge is 0.294 e. The van der Waals surface area contributed by atoms with E-state index in [1.165, 1.54) is 19.4 Å². The molecule has 2 heterocycles. The van der Waals surface area contributed by atoms with Gasteiger partial charge in [-0.2, -0.15) is 4.98 Å². The molecule has 1 fully saturated rings. The molecule has 0 aliphatic carbocycles. The Morgan fingerprint density at radius 1 is 1.05 bits per heavy atom. The third kappa shape index (κ3) is 7.37. The van der Waals surface area contributed by atoms with Crippen LogP contribution in [-0.4, -0.2) is 94.5 Å². The molecule has 0 bridgehead atoms. The van der Waals surface area contributed by atoms with Crippen molar-refractivity contribution in [2.45, 2.75) is 0 Å². The van der Waals surface area contributed by atoms with Crippen molar-refractivity contribution in [1.82, 2.24) is 14.9 Å². The Hall–Kier alpha value is -4.07. The van der Waals surface area contributed by atoms with Gasteiger partial charge in [-0.3, -0.25) is 10.1 Å². The summed E-state index contributed by atoms with van der Waals surface area (Å²) in [5, 5.41) is 18.5. The van der Waals surface area contributed by atoms with Crippen molar-refractivity contribution >= 4 is 51.8 Å². The van der Waals surface area contributed by atoms with Crippen LogP contribution in [-0.2, 0) is 4.74 Å². The summed E-state index contributed by atoms with van der Waals surface area (Å²) in [6, 6.07) is 8.88. The second-order valence-corrected chi connectivity index (χ2v) is 10.1. The third-order valence-corrected chi connectivity index (χ3v) is 6.87. The van der Waals surface area contributed by atoms with Gasteiger partial charge in [0.05, 0.1) is 49.9 Å². The average molecular weight is 587 g/mol. The lowest BCUT2D eigenvalue weighted by Crippen LogP contribution is -2.36. The summed E-state index contributed by atoms with van der Waals surface area (Å²) < 4.78 is 16.6. The highest BCUT2D eigenvalue weighted by Gasteiger charge is 2.23. The van der Waals surface area contributed by atoms with E-state index in [1.54, 1.807) is 20.2 Å². The maximum atomic E-state index is 12.0. The lowest BCUT2D eigenvalue weighted by atomic mass is 10.2. The molecule has 14 heteroatoms. The predicted octanol–water partition coefficient (Wildman–Crippen LogP) is 4.38. The van der Waals surface area contributed by atoms with Gasteiger partial charge in [0.15, 0.2) is 5.82 Å². The monoisotopic (exact) mass is 586 g/mol. The highest BCUT2D eigenvalue weighted by molar-refractivity contribution is 6.33. The molecular formula is C27H35ClN8O5. The molecule has 2 aromatic carbocycles. The maximum absolute atomic E-state index is 12.0. The molecule has 13 nitrogen and oxygen atoms in total. The zero-order valence-corrected chi connectivity index (χ0v) is 24.6. The molecule has 0 unspecified atom stereocenters. The molecule has 41 heavy (non-hydrogen) atoms. The average Bonchev–Trinajstić information content (AvgIpc) is 2.97. The molecule has 0 atom stereocenters. The van der Waals surface area contributed by atoms with Crippen LogP contribution in [0, 0.1) is 10.1 Å². The number of nitro groups is 1. The quantitative estimate of drug-likeness (QED) is 0.231. The van der Waals surface area contributed by atoms with Gasteiger partial charge >= 0.3 is 0 Å². The fourth-order valence-corrected chi connectivity index (χ4v) is 4.45.